The lowest BCUT2D eigenvalue weighted by atomic mass is 9.61. The van der Waals surface area contributed by atoms with E-state index in [1.807, 2.05) is 0 Å². The number of hydrogen-bond donors (Lipinski definition) is 2. The maximum Gasteiger partial charge on any atom is 0.0722 e. The van der Waals surface area contributed by atoms with Crippen LogP contribution in [0.3, 0.4) is 0 Å². The molecule has 3 aliphatic carbocycles. The fourth-order valence-corrected chi connectivity index (χ4v) is 4.09. The molecule has 1 saturated carbocycles. The summed E-state index contributed by atoms with van der Waals surface area (Å²) in [6.45, 7) is 2.15. The third-order valence-corrected chi connectivity index (χ3v) is 4.97. The van der Waals surface area contributed by atoms with Gasteiger partial charge in [0.25, 0.3) is 0 Å². The first kappa shape index (κ1) is 11.5. The van der Waals surface area contributed by atoms with E-state index in [0.717, 1.165) is 38.5 Å². The molecule has 0 aliphatic heterocycles. The minimum absolute atomic E-state index is 0.178. The molecule has 0 unspecified atom stereocenters. The van der Waals surface area contributed by atoms with Crippen molar-refractivity contribution in [2.75, 3.05) is 0 Å². The highest BCUT2D eigenvalue weighted by Gasteiger charge is 2.49. The van der Waals surface area contributed by atoms with Crippen LogP contribution in [-0.2, 0) is 0 Å². The first-order valence-corrected chi connectivity index (χ1v) is 6.88. The van der Waals surface area contributed by atoms with E-state index in [-0.39, 0.29) is 17.9 Å². The molecule has 94 valence electrons. The van der Waals surface area contributed by atoms with Crippen LogP contribution in [0.4, 0.5) is 0 Å². The van der Waals surface area contributed by atoms with E-state index in [2.05, 4.69) is 19.1 Å². The molecule has 0 amide bonds. The van der Waals surface area contributed by atoms with Gasteiger partial charge in [-0.1, -0.05) is 24.1 Å². The molecule has 4 atom stereocenters. The summed E-state index contributed by atoms with van der Waals surface area (Å²) in [5, 5.41) is 21.1. The predicted octanol–water partition coefficient (Wildman–Crippen LogP) is 2.56. The van der Waals surface area contributed by atoms with Crippen molar-refractivity contribution in [3.05, 3.63) is 23.3 Å². The second-order valence-corrected chi connectivity index (χ2v) is 6.14. The van der Waals surface area contributed by atoms with Crippen molar-refractivity contribution in [2.45, 2.75) is 57.2 Å². The monoisotopic (exact) mass is 234 g/mol. The fraction of sp³-hybridized carbons (Fsp3) is 0.733. The number of aliphatic hydroxyl groups is 2. The lowest BCUT2D eigenvalue weighted by Crippen LogP contribution is -2.50. The predicted molar refractivity (Wildman–Crippen MR) is 67.5 cm³/mol. The minimum Gasteiger partial charge on any atom is -0.392 e. The highest BCUT2D eigenvalue weighted by molar-refractivity contribution is 5.34. The Balaban J connectivity index is 2.06. The number of allylic oxidation sites excluding steroid dienone is 2. The van der Waals surface area contributed by atoms with Crippen LogP contribution in [0.2, 0.25) is 0 Å². The van der Waals surface area contributed by atoms with Gasteiger partial charge in [-0.2, -0.15) is 0 Å². The van der Waals surface area contributed by atoms with Crippen molar-refractivity contribution in [2.24, 2.45) is 11.8 Å². The summed E-state index contributed by atoms with van der Waals surface area (Å²) in [6.07, 6.45) is 9.80. The van der Waals surface area contributed by atoms with Gasteiger partial charge in [-0.15, -0.1) is 0 Å². The van der Waals surface area contributed by atoms with E-state index in [0.29, 0.717) is 0 Å². The maximum absolute atomic E-state index is 10.9. The molecule has 0 heterocycles. The average Bonchev–Trinajstić information content (AvgIpc) is 2.43. The largest absolute Gasteiger partial charge is 0.392 e. The molecule has 0 aromatic rings. The Labute approximate surface area is 103 Å². The van der Waals surface area contributed by atoms with Crippen molar-refractivity contribution in [3.63, 3.8) is 0 Å². The van der Waals surface area contributed by atoms with Crippen LogP contribution in [-0.4, -0.2) is 21.9 Å². The van der Waals surface area contributed by atoms with E-state index in [9.17, 15) is 10.2 Å². The molecule has 3 aliphatic rings. The molecule has 2 N–H and O–H groups in total. The van der Waals surface area contributed by atoms with E-state index >= 15 is 0 Å². The van der Waals surface area contributed by atoms with Crippen LogP contribution in [0, 0.1) is 11.8 Å². The van der Waals surface area contributed by atoms with Crippen LogP contribution in [0.1, 0.15) is 45.4 Å². The van der Waals surface area contributed by atoms with Gasteiger partial charge in [-0.05, 0) is 50.5 Å². The molecular weight excluding hydrogens is 212 g/mol. The summed E-state index contributed by atoms with van der Waals surface area (Å²) in [6, 6.07) is 0. The van der Waals surface area contributed by atoms with Crippen molar-refractivity contribution in [1.29, 1.82) is 0 Å². The van der Waals surface area contributed by atoms with E-state index in [1.165, 1.54) is 11.1 Å². The molecule has 0 saturated heterocycles. The Bertz CT molecular complexity index is 382. The van der Waals surface area contributed by atoms with Crippen LogP contribution in [0.15, 0.2) is 23.3 Å². The quantitative estimate of drug-likeness (QED) is 0.676. The summed E-state index contributed by atoms with van der Waals surface area (Å²) in [5.74, 6) is 0.452. The minimum atomic E-state index is -0.565. The smallest absolute Gasteiger partial charge is 0.0722 e. The second-order valence-electron chi connectivity index (χ2n) is 6.14. The Hall–Kier alpha value is -0.600. The molecule has 17 heavy (non-hydrogen) atoms. The van der Waals surface area contributed by atoms with Crippen LogP contribution in [0.25, 0.3) is 0 Å². The molecule has 0 bridgehead atoms. The average molecular weight is 234 g/mol. The zero-order valence-corrected chi connectivity index (χ0v) is 10.5. The molecule has 0 spiro atoms. The van der Waals surface area contributed by atoms with Crippen molar-refractivity contribution < 1.29 is 10.2 Å². The first-order valence-electron chi connectivity index (χ1n) is 6.88. The second kappa shape index (κ2) is 3.96. The van der Waals surface area contributed by atoms with Gasteiger partial charge in [0.15, 0.2) is 0 Å². The van der Waals surface area contributed by atoms with E-state index in [4.69, 9.17) is 0 Å². The number of rotatable bonds is 0. The Morgan fingerprint density at radius 2 is 2.18 bits per heavy atom. The summed E-state index contributed by atoms with van der Waals surface area (Å²) in [4.78, 5) is 0. The highest BCUT2D eigenvalue weighted by Crippen LogP contribution is 2.50. The van der Waals surface area contributed by atoms with Gasteiger partial charge in [0, 0.05) is 5.92 Å². The SMILES string of the molecule is CC1=CC2=CC[C@@H](O)[C@@H]3CCC[C@](O)(CC1)[C@@H]23. The summed E-state index contributed by atoms with van der Waals surface area (Å²) in [5.41, 5.74) is 2.09. The maximum atomic E-state index is 10.9. The van der Waals surface area contributed by atoms with Gasteiger partial charge in [0.1, 0.15) is 0 Å². The lowest BCUT2D eigenvalue weighted by molar-refractivity contribution is -0.0926. The van der Waals surface area contributed by atoms with Crippen molar-refractivity contribution in [1.82, 2.24) is 0 Å². The number of aliphatic hydroxyl groups excluding tert-OH is 1. The summed E-state index contributed by atoms with van der Waals surface area (Å²) >= 11 is 0. The summed E-state index contributed by atoms with van der Waals surface area (Å²) in [7, 11) is 0. The van der Waals surface area contributed by atoms with Gasteiger partial charge < -0.3 is 10.2 Å². The molecule has 2 nitrogen and oxygen atoms in total. The van der Waals surface area contributed by atoms with E-state index in [1.54, 1.807) is 0 Å². The van der Waals surface area contributed by atoms with Gasteiger partial charge in [0.2, 0.25) is 0 Å². The van der Waals surface area contributed by atoms with Gasteiger partial charge in [-0.25, -0.2) is 0 Å². The Morgan fingerprint density at radius 3 is 3.00 bits per heavy atom. The van der Waals surface area contributed by atoms with Crippen LogP contribution < -0.4 is 0 Å². The Morgan fingerprint density at radius 1 is 1.35 bits per heavy atom. The van der Waals surface area contributed by atoms with E-state index < -0.39 is 5.60 Å². The first-order chi connectivity index (χ1) is 8.10. The molecule has 0 aromatic carbocycles. The molecule has 0 aromatic heterocycles. The van der Waals surface area contributed by atoms with Gasteiger partial charge >= 0.3 is 0 Å². The summed E-state index contributed by atoms with van der Waals surface area (Å²) < 4.78 is 0. The third kappa shape index (κ3) is 1.78. The number of hydrogen-bond acceptors (Lipinski definition) is 2. The van der Waals surface area contributed by atoms with Crippen molar-refractivity contribution >= 4 is 0 Å². The van der Waals surface area contributed by atoms with Crippen molar-refractivity contribution in [3.8, 4) is 0 Å². The Kier molecular flexibility index (Phi) is 2.68. The van der Waals surface area contributed by atoms with Gasteiger partial charge in [-0.3, -0.25) is 0 Å². The molecule has 2 heteroatoms. The standard InChI is InChI=1S/C15H22O2/c1-10-6-8-15(17)7-2-3-12-13(16)5-4-11(9-10)14(12)15/h4,9,12-14,16-17H,2-3,5-8H2,1H3/t12-,13+,14-,15-/m0/s1. The molecule has 0 radical (unpaired) electrons. The molecule has 3 rings (SSSR count). The lowest BCUT2D eigenvalue weighted by Gasteiger charge is -2.48. The normalized spacial score (nSPS) is 45.5. The highest BCUT2D eigenvalue weighted by atomic mass is 16.3. The topological polar surface area (TPSA) is 40.5 Å². The fourth-order valence-electron chi connectivity index (χ4n) is 4.09. The third-order valence-electron chi connectivity index (χ3n) is 4.97. The molecule has 1 fully saturated rings. The zero-order valence-electron chi connectivity index (χ0n) is 10.5. The molecular formula is C15H22O2. The van der Waals surface area contributed by atoms with Crippen LogP contribution >= 0.6 is 0 Å². The van der Waals surface area contributed by atoms with Gasteiger partial charge in [0.05, 0.1) is 11.7 Å². The zero-order chi connectivity index (χ0) is 12.0. The van der Waals surface area contributed by atoms with Crippen LogP contribution in [0.5, 0.6) is 0 Å².